The van der Waals surface area contributed by atoms with E-state index < -0.39 is 32.5 Å². The lowest BCUT2D eigenvalue weighted by atomic mass is 10.0. The van der Waals surface area contributed by atoms with Crippen LogP contribution in [0.1, 0.15) is 253 Å². The van der Waals surface area contributed by atoms with Crippen LogP contribution in [0.15, 0.2) is 24.3 Å². The number of phosphoric acid groups is 1. The molecule has 0 heterocycles. The van der Waals surface area contributed by atoms with Gasteiger partial charge in [-0.3, -0.25) is 23.4 Å². The number of hydrogen-bond acceptors (Lipinski definition) is 11. The summed E-state index contributed by atoms with van der Waals surface area (Å²) >= 11 is 0. The number of unbranched alkanes of at least 4 members (excludes halogenated alkanes) is 23. The Bertz CT molecular complexity index is 1370. The summed E-state index contributed by atoms with van der Waals surface area (Å²) in [4.78, 5) is 48.3. The van der Waals surface area contributed by atoms with Crippen molar-refractivity contribution in [2.75, 3.05) is 53.3 Å². The predicted molar refractivity (Wildman–Crippen MR) is 290 cm³/mol. The van der Waals surface area contributed by atoms with Crippen LogP contribution in [0.2, 0.25) is 0 Å². The molecule has 0 aromatic heterocycles. The quantitative estimate of drug-likeness (QED) is 0.0257. The van der Waals surface area contributed by atoms with Crippen LogP contribution in [-0.2, 0) is 51.7 Å². The molecule has 0 radical (unpaired) electrons. The van der Waals surface area contributed by atoms with Crippen LogP contribution in [0.5, 0.6) is 0 Å². The standard InChI is InChI=1S/C57H108NO12P/c1-8-10-12-14-16-18-20-22-24-26-28-30-32-34-36-41-54(60)66-50-52(70-55(61)42-37-35-33-31-29-27-25-23-21-19-17-15-13-11-9-2)51-69-71(62,63)68-49-45-58-53(59)40-38-39-46-65-47-43-57(5,6)67-48-44-56(3,4)64-7/h22-25,52H,8-21,26-51H2,1-7H3,(H,58,59)(H,62,63)/b24-22-,25-23-/t52-/m1/s1. The number of allylic oxidation sites excluding steroid dienone is 4. The molecule has 71 heavy (non-hydrogen) atoms. The second-order valence-electron chi connectivity index (χ2n) is 20.6. The van der Waals surface area contributed by atoms with Gasteiger partial charge in [-0.1, -0.05) is 141 Å². The molecule has 2 N–H and O–H groups in total. The van der Waals surface area contributed by atoms with Crippen molar-refractivity contribution in [2.45, 2.75) is 271 Å². The molecule has 14 heteroatoms. The third kappa shape index (κ3) is 49.8. The van der Waals surface area contributed by atoms with Crippen molar-refractivity contribution >= 4 is 25.7 Å². The largest absolute Gasteiger partial charge is 0.472 e. The fourth-order valence-corrected chi connectivity index (χ4v) is 8.36. The molecule has 1 amide bonds. The number of phosphoric ester groups is 1. The van der Waals surface area contributed by atoms with Crippen molar-refractivity contribution < 1.29 is 56.6 Å². The molecule has 1 unspecified atom stereocenters. The maximum atomic E-state index is 12.9. The monoisotopic (exact) mass is 1030 g/mol. The smallest absolute Gasteiger partial charge is 0.462 e. The van der Waals surface area contributed by atoms with Crippen LogP contribution in [0.4, 0.5) is 0 Å². The number of nitrogens with one attached hydrogen (secondary N) is 1. The van der Waals surface area contributed by atoms with Gasteiger partial charge < -0.3 is 33.9 Å². The number of carbonyl (C=O) groups excluding carboxylic acids is 3. The Morgan fingerprint density at radius 1 is 0.535 bits per heavy atom. The third-order valence-corrected chi connectivity index (χ3v) is 13.6. The number of methoxy groups -OCH3 is 1. The number of amides is 1. The average Bonchev–Trinajstić information content (AvgIpc) is 3.33. The molecule has 0 aliphatic carbocycles. The summed E-state index contributed by atoms with van der Waals surface area (Å²) in [5.74, 6) is -1.12. The lowest BCUT2D eigenvalue weighted by molar-refractivity contribution is -0.161. The fraction of sp³-hybridized carbons (Fsp3) is 0.877. The maximum Gasteiger partial charge on any atom is 0.472 e. The molecule has 2 atom stereocenters. The van der Waals surface area contributed by atoms with Crippen LogP contribution in [-0.4, -0.2) is 93.3 Å². The van der Waals surface area contributed by atoms with E-state index in [1.54, 1.807) is 7.11 Å². The molecule has 0 saturated carbocycles. The van der Waals surface area contributed by atoms with Gasteiger partial charge in [0.1, 0.15) is 6.61 Å². The molecular formula is C57H108NO12P. The van der Waals surface area contributed by atoms with E-state index in [2.05, 4.69) is 43.5 Å². The zero-order valence-corrected chi connectivity index (χ0v) is 47.5. The second kappa shape index (κ2) is 47.6. The summed E-state index contributed by atoms with van der Waals surface area (Å²) in [6, 6.07) is 0. The number of rotatable bonds is 53. The van der Waals surface area contributed by atoms with Crippen LogP contribution in [0.3, 0.4) is 0 Å². The van der Waals surface area contributed by atoms with E-state index in [-0.39, 0.29) is 56.1 Å². The first-order chi connectivity index (χ1) is 34.1. The van der Waals surface area contributed by atoms with Gasteiger partial charge in [-0.2, -0.15) is 0 Å². The first-order valence-corrected chi connectivity index (χ1v) is 29.9. The third-order valence-electron chi connectivity index (χ3n) is 12.7. The lowest BCUT2D eigenvalue weighted by Gasteiger charge is -2.28. The molecule has 0 aromatic carbocycles. The van der Waals surface area contributed by atoms with E-state index >= 15 is 0 Å². The number of ether oxygens (including phenoxy) is 5. The van der Waals surface area contributed by atoms with E-state index in [0.717, 1.165) is 89.9 Å². The van der Waals surface area contributed by atoms with Gasteiger partial charge in [0.25, 0.3) is 0 Å². The average molecular weight is 1030 g/mol. The number of hydrogen-bond donors (Lipinski definition) is 2. The molecule has 0 spiro atoms. The normalized spacial score (nSPS) is 13.5. The van der Waals surface area contributed by atoms with Gasteiger partial charge in [-0.05, 0) is 118 Å². The highest BCUT2D eigenvalue weighted by atomic mass is 31.2. The topological polar surface area (TPSA) is 165 Å². The number of carbonyl (C=O) groups is 3. The Labute approximate surface area is 434 Å². The van der Waals surface area contributed by atoms with E-state index in [4.69, 9.17) is 32.7 Å². The predicted octanol–water partition coefficient (Wildman–Crippen LogP) is 15.0. The summed E-state index contributed by atoms with van der Waals surface area (Å²) in [7, 11) is -2.88. The molecular weight excluding hydrogens is 922 g/mol. The summed E-state index contributed by atoms with van der Waals surface area (Å²) in [5, 5.41) is 2.69. The molecule has 13 nitrogen and oxygen atoms in total. The highest BCUT2D eigenvalue weighted by Crippen LogP contribution is 2.43. The van der Waals surface area contributed by atoms with Crippen molar-refractivity contribution in [3.05, 3.63) is 24.3 Å². The summed E-state index contributed by atoms with van der Waals surface area (Å²) in [6.45, 7) is 13.3. The number of esters is 2. The fourth-order valence-electron chi connectivity index (χ4n) is 7.61. The van der Waals surface area contributed by atoms with Crippen LogP contribution >= 0.6 is 7.82 Å². The lowest BCUT2D eigenvalue weighted by Crippen LogP contribution is -2.31. The second-order valence-corrected chi connectivity index (χ2v) is 22.0. The summed E-state index contributed by atoms with van der Waals surface area (Å²) < 4.78 is 51.3. The van der Waals surface area contributed by atoms with E-state index in [1.165, 1.54) is 77.0 Å². The van der Waals surface area contributed by atoms with Crippen LogP contribution in [0, 0.1) is 0 Å². The Balaban J connectivity index is 4.62. The SMILES string of the molecule is CCCCCCCC/C=C\CCCCCCCC(=O)OC[C@H](COP(=O)(O)OCCNC(=O)CCCCOCCC(C)(C)OCCC(C)(C)OC)OC(=O)CCCCCCC/C=C\CCCCCCCC. The first kappa shape index (κ1) is 68.9. The van der Waals surface area contributed by atoms with Crippen molar-refractivity contribution in [2.24, 2.45) is 0 Å². The molecule has 418 valence electrons. The van der Waals surface area contributed by atoms with E-state index in [1.807, 2.05) is 27.7 Å². The Hall–Kier alpha value is -2.12. The van der Waals surface area contributed by atoms with Crippen molar-refractivity contribution in [3.8, 4) is 0 Å². The Kier molecular flexibility index (Phi) is 46.2. The maximum absolute atomic E-state index is 12.9. The molecule has 0 aliphatic rings. The van der Waals surface area contributed by atoms with E-state index in [9.17, 15) is 23.8 Å². The van der Waals surface area contributed by atoms with Gasteiger partial charge in [-0.15, -0.1) is 0 Å². The molecule has 0 bridgehead atoms. The zero-order chi connectivity index (χ0) is 52.6. The molecule has 0 fully saturated rings. The van der Waals surface area contributed by atoms with Crippen molar-refractivity contribution in [1.82, 2.24) is 5.32 Å². The van der Waals surface area contributed by atoms with E-state index in [0.29, 0.717) is 45.5 Å². The zero-order valence-electron chi connectivity index (χ0n) is 46.6. The minimum Gasteiger partial charge on any atom is -0.462 e. The minimum absolute atomic E-state index is 0.00221. The van der Waals surface area contributed by atoms with Gasteiger partial charge in [0, 0.05) is 46.1 Å². The molecule has 0 aliphatic heterocycles. The van der Waals surface area contributed by atoms with Gasteiger partial charge in [0.2, 0.25) is 5.91 Å². The van der Waals surface area contributed by atoms with Gasteiger partial charge in [0.15, 0.2) is 6.10 Å². The summed E-state index contributed by atoms with van der Waals surface area (Å²) in [5.41, 5.74) is -0.538. The Morgan fingerprint density at radius 2 is 1.00 bits per heavy atom. The summed E-state index contributed by atoms with van der Waals surface area (Å²) in [6.07, 6.45) is 41.6. The van der Waals surface area contributed by atoms with Crippen LogP contribution in [0.25, 0.3) is 0 Å². The first-order valence-electron chi connectivity index (χ1n) is 28.5. The molecule has 0 rings (SSSR count). The minimum atomic E-state index is -4.58. The highest BCUT2D eigenvalue weighted by Gasteiger charge is 2.26. The van der Waals surface area contributed by atoms with Gasteiger partial charge >= 0.3 is 19.8 Å². The molecule has 0 aromatic rings. The van der Waals surface area contributed by atoms with Gasteiger partial charge in [-0.25, -0.2) is 4.57 Å². The molecule has 0 saturated heterocycles. The highest BCUT2D eigenvalue weighted by molar-refractivity contribution is 7.47. The van der Waals surface area contributed by atoms with Crippen molar-refractivity contribution in [3.63, 3.8) is 0 Å². The van der Waals surface area contributed by atoms with Crippen molar-refractivity contribution in [1.29, 1.82) is 0 Å². The Morgan fingerprint density at radius 3 is 1.52 bits per heavy atom. The van der Waals surface area contributed by atoms with Crippen LogP contribution < -0.4 is 5.32 Å². The van der Waals surface area contributed by atoms with Gasteiger partial charge in [0.05, 0.1) is 31.0 Å².